The molecule has 0 aliphatic heterocycles. The van der Waals surface area contributed by atoms with Crippen molar-refractivity contribution in [1.82, 2.24) is 5.32 Å². The number of amides is 1. The number of phenols is 1. The van der Waals surface area contributed by atoms with Gasteiger partial charge in [0, 0.05) is 17.4 Å². The summed E-state index contributed by atoms with van der Waals surface area (Å²) in [5.74, 6) is 0.0470. The first kappa shape index (κ1) is 15.0. The summed E-state index contributed by atoms with van der Waals surface area (Å²) in [6, 6.07) is 4.99. The maximum absolute atomic E-state index is 11.8. The molecular weight excluding hydrogens is 294 g/mol. The number of hydrogen-bond acceptors (Lipinski definition) is 2. The minimum absolute atomic E-state index is 0.120. The molecule has 0 saturated heterocycles. The highest BCUT2D eigenvalue weighted by Gasteiger charge is 2.06. The molecule has 1 aromatic rings. The molecule has 1 amide bonds. The normalized spacial score (nSPS) is 10.3. The van der Waals surface area contributed by atoms with Crippen LogP contribution in [0.5, 0.6) is 5.75 Å². The summed E-state index contributed by atoms with van der Waals surface area (Å²) in [7, 11) is 0. The zero-order valence-electron chi connectivity index (χ0n) is 10.7. The number of rotatable bonds is 7. The lowest BCUT2D eigenvalue weighted by atomic mass is 10.1. The van der Waals surface area contributed by atoms with Crippen molar-refractivity contribution >= 4 is 21.8 Å². The van der Waals surface area contributed by atoms with Crippen molar-refractivity contribution in [3.8, 4) is 5.75 Å². The molecule has 4 heteroatoms. The summed E-state index contributed by atoms with van der Waals surface area (Å²) in [4.78, 5) is 11.8. The van der Waals surface area contributed by atoms with E-state index >= 15 is 0 Å². The quantitative estimate of drug-likeness (QED) is 0.599. The Morgan fingerprint density at radius 2 is 2.00 bits per heavy atom. The number of carbonyl (C=O) groups is 1. The predicted octanol–water partition coefficient (Wildman–Crippen LogP) is 3.39. The van der Waals surface area contributed by atoms with Crippen LogP contribution in [0.15, 0.2) is 18.2 Å². The smallest absolute Gasteiger partial charge is 0.251 e. The van der Waals surface area contributed by atoms with E-state index in [2.05, 4.69) is 21.2 Å². The highest BCUT2D eigenvalue weighted by Crippen LogP contribution is 2.17. The van der Waals surface area contributed by atoms with Gasteiger partial charge in [-0.1, -0.05) is 34.8 Å². The third-order valence-electron chi connectivity index (χ3n) is 2.82. The van der Waals surface area contributed by atoms with Crippen LogP contribution in [-0.4, -0.2) is 22.9 Å². The van der Waals surface area contributed by atoms with Crippen molar-refractivity contribution in [2.75, 3.05) is 11.9 Å². The molecule has 1 rings (SSSR count). The van der Waals surface area contributed by atoms with Crippen molar-refractivity contribution in [1.29, 1.82) is 0 Å². The molecule has 0 saturated carbocycles. The van der Waals surface area contributed by atoms with Gasteiger partial charge in [0.1, 0.15) is 5.75 Å². The van der Waals surface area contributed by atoms with Crippen LogP contribution < -0.4 is 5.32 Å². The fraction of sp³-hybridized carbons (Fsp3) is 0.500. The van der Waals surface area contributed by atoms with E-state index in [0.29, 0.717) is 12.1 Å². The Kier molecular flexibility index (Phi) is 6.80. The zero-order valence-corrected chi connectivity index (χ0v) is 12.3. The molecule has 0 aromatic heterocycles. The minimum Gasteiger partial charge on any atom is -0.508 e. The van der Waals surface area contributed by atoms with Gasteiger partial charge in [-0.15, -0.1) is 0 Å². The van der Waals surface area contributed by atoms with E-state index in [4.69, 9.17) is 0 Å². The van der Waals surface area contributed by atoms with Gasteiger partial charge in [0.05, 0.1) is 0 Å². The Morgan fingerprint density at radius 1 is 1.28 bits per heavy atom. The number of hydrogen-bond donors (Lipinski definition) is 2. The maximum atomic E-state index is 11.8. The molecule has 100 valence electrons. The van der Waals surface area contributed by atoms with Gasteiger partial charge >= 0.3 is 0 Å². The highest BCUT2D eigenvalue weighted by molar-refractivity contribution is 9.09. The summed E-state index contributed by atoms with van der Waals surface area (Å²) < 4.78 is 0. The second-order valence-electron chi connectivity index (χ2n) is 4.36. The van der Waals surface area contributed by atoms with E-state index in [1.807, 2.05) is 0 Å². The standard InChI is InChI=1S/C14H20BrNO2/c1-11-6-7-12(10-13(11)17)14(18)16-9-5-3-2-4-8-15/h6-7,10,17H,2-5,8-9H2,1H3,(H,16,18). The van der Waals surface area contributed by atoms with Gasteiger partial charge in [0.15, 0.2) is 0 Å². The molecule has 18 heavy (non-hydrogen) atoms. The number of unbranched alkanes of at least 4 members (excludes halogenated alkanes) is 3. The second-order valence-corrected chi connectivity index (χ2v) is 5.15. The molecule has 0 heterocycles. The zero-order chi connectivity index (χ0) is 13.4. The topological polar surface area (TPSA) is 49.3 Å². The lowest BCUT2D eigenvalue weighted by Gasteiger charge is -2.06. The molecule has 0 unspecified atom stereocenters. The number of halogens is 1. The average Bonchev–Trinajstić information content (AvgIpc) is 2.36. The first-order valence-electron chi connectivity index (χ1n) is 6.29. The number of benzene rings is 1. The highest BCUT2D eigenvalue weighted by atomic mass is 79.9. The second kappa shape index (κ2) is 8.14. The Balaban J connectivity index is 2.30. The molecule has 3 nitrogen and oxygen atoms in total. The van der Waals surface area contributed by atoms with Gasteiger partial charge in [-0.25, -0.2) is 0 Å². The number of aryl methyl sites for hydroxylation is 1. The van der Waals surface area contributed by atoms with Crippen molar-refractivity contribution in [3.05, 3.63) is 29.3 Å². The van der Waals surface area contributed by atoms with Crippen LogP contribution in [0.2, 0.25) is 0 Å². The molecule has 0 bridgehead atoms. The van der Waals surface area contributed by atoms with E-state index in [1.54, 1.807) is 19.1 Å². The summed E-state index contributed by atoms with van der Waals surface area (Å²) >= 11 is 3.39. The van der Waals surface area contributed by atoms with E-state index in [9.17, 15) is 9.90 Å². The predicted molar refractivity (Wildman–Crippen MR) is 77.4 cm³/mol. The number of carbonyl (C=O) groups excluding carboxylic acids is 1. The van der Waals surface area contributed by atoms with Gasteiger partial charge in [-0.05, 0) is 37.5 Å². The van der Waals surface area contributed by atoms with Crippen LogP contribution in [-0.2, 0) is 0 Å². The Hall–Kier alpha value is -1.03. The summed E-state index contributed by atoms with van der Waals surface area (Å²) in [6.07, 6.45) is 4.49. The van der Waals surface area contributed by atoms with Gasteiger partial charge < -0.3 is 10.4 Å². The van der Waals surface area contributed by atoms with Gasteiger partial charge in [0.25, 0.3) is 5.91 Å². The summed E-state index contributed by atoms with van der Waals surface area (Å²) in [6.45, 7) is 2.50. The van der Waals surface area contributed by atoms with Crippen LogP contribution in [0.1, 0.15) is 41.6 Å². The van der Waals surface area contributed by atoms with Crippen LogP contribution in [0.4, 0.5) is 0 Å². The third-order valence-corrected chi connectivity index (χ3v) is 3.38. The lowest BCUT2D eigenvalue weighted by molar-refractivity contribution is 0.0952. The molecule has 0 atom stereocenters. The number of alkyl halides is 1. The minimum atomic E-state index is -0.120. The van der Waals surface area contributed by atoms with Crippen LogP contribution in [0.3, 0.4) is 0 Å². The molecule has 0 spiro atoms. The van der Waals surface area contributed by atoms with Crippen LogP contribution in [0, 0.1) is 6.92 Å². The van der Waals surface area contributed by atoms with Crippen LogP contribution in [0.25, 0.3) is 0 Å². The van der Waals surface area contributed by atoms with Gasteiger partial charge in [-0.2, -0.15) is 0 Å². The number of phenolic OH excluding ortho intramolecular Hbond substituents is 1. The maximum Gasteiger partial charge on any atom is 0.251 e. The molecule has 2 N–H and O–H groups in total. The van der Waals surface area contributed by atoms with E-state index in [1.165, 1.54) is 18.9 Å². The van der Waals surface area contributed by atoms with E-state index < -0.39 is 0 Å². The lowest BCUT2D eigenvalue weighted by Crippen LogP contribution is -2.24. The SMILES string of the molecule is Cc1ccc(C(=O)NCCCCCCBr)cc1O. The third kappa shape index (κ3) is 5.08. The first-order chi connectivity index (χ1) is 8.65. The van der Waals surface area contributed by atoms with Crippen LogP contribution >= 0.6 is 15.9 Å². The number of aromatic hydroxyl groups is 1. The fourth-order valence-corrected chi connectivity index (χ4v) is 2.02. The average molecular weight is 314 g/mol. The summed E-state index contributed by atoms with van der Waals surface area (Å²) in [5.41, 5.74) is 1.29. The van der Waals surface area contributed by atoms with Crippen molar-refractivity contribution in [2.24, 2.45) is 0 Å². The molecular formula is C14H20BrNO2. The largest absolute Gasteiger partial charge is 0.508 e. The van der Waals surface area contributed by atoms with Crippen molar-refractivity contribution < 1.29 is 9.90 Å². The molecule has 0 aliphatic carbocycles. The van der Waals surface area contributed by atoms with Crippen molar-refractivity contribution in [2.45, 2.75) is 32.6 Å². The molecule has 0 fully saturated rings. The van der Waals surface area contributed by atoms with E-state index in [0.717, 1.165) is 23.7 Å². The first-order valence-corrected chi connectivity index (χ1v) is 7.41. The molecule has 1 aromatic carbocycles. The Labute approximate surface area is 117 Å². The molecule has 0 radical (unpaired) electrons. The summed E-state index contributed by atoms with van der Waals surface area (Å²) in [5, 5.41) is 13.4. The Bertz CT molecular complexity index is 393. The van der Waals surface area contributed by atoms with E-state index in [-0.39, 0.29) is 11.7 Å². The number of nitrogens with one attached hydrogen (secondary N) is 1. The van der Waals surface area contributed by atoms with Gasteiger partial charge in [-0.3, -0.25) is 4.79 Å². The molecule has 0 aliphatic rings. The Morgan fingerprint density at radius 3 is 2.67 bits per heavy atom. The van der Waals surface area contributed by atoms with Gasteiger partial charge in [0.2, 0.25) is 0 Å². The van der Waals surface area contributed by atoms with Crippen molar-refractivity contribution in [3.63, 3.8) is 0 Å². The fourth-order valence-electron chi connectivity index (χ4n) is 1.63. The monoisotopic (exact) mass is 313 g/mol.